The molecule has 0 saturated carbocycles. The van der Waals surface area contributed by atoms with Crippen LogP contribution in [0.5, 0.6) is 0 Å². The molecule has 0 N–H and O–H groups in total. The Balaban J connectivity index is 1.30. The van der Waals surface area contributed by atoms with Gasteiger partial charge in [-0.05, 0) is 61.7 Å². The number of azo groups is 1. The maximum Gasteiger partial charge on any atom is 0.339 e. The number of esters is 2. The fraction of sp³-hybridized carbons (Fsp3) is 0.487. The van der Waals surface area contributed by atoms with Crippen molar-refractivity contribution < 1.29 is 38.0 Å². The number of methoxy groups -OCH3 is 1. The molecule has 284 valence electrons. The van der Waals surface area contributed by atoms with Gasteiger partial charge in [0.15, 0.2) is 0 Å². The van der Waals surface area contributed by atoms with Gasteiger partial charge in [-0.2, -0.15) is 15.5 Å². The van der Waals surface area contributed by atoms with Crippen molar-refractivity contribution in [2.75, 3.05) is 84.6 Å². The maximum absolute atomic E-state index is 12.3. The first-order chi connectivity index (χ1) is 25.8. The van der Waals surface area contributed by atoms with Crippen LogP contribution in [0.1, 0.15) is 69.3 Å². The van der Waals surface area contributed by atoms with Crippen molar-refractivity contribution in [2.45, 2.75) is 46.5 Å². The molecule has 0 saturated heterocycles. The molecule has 0 aliphatic carbocycles. The standard InChI is InChI=1S/C39H49N5O8S/c1-6-7-8-11-16-44(31-14-15-34(29(2)27-31)42-43-37-36(41-4)30(3)35(28-40)53-37)17-18-48-19-20-49-21-22-50-23-24-51-25-26-52-39(46)33-13-10-9-12-32(33)38(45)47-5/h9-10,12-15,27H,6-8,11,16-26H2,1-3,5H3. The number of nitriles is 1. The Bertz CT molecular complexity index is 1710. The van der Waals surface area contributed by atoms with Crippen molar-refractivity contribution in [2.24, 2.45) is 10.2 Å². The molecule has 0 amide bonds. The van der Waals surface area contributed by atoms with Crippen molar-refractivity contribution in [3.8, 4) is 6.07 Å². The van der Waals surface area contributed by atoms with Crippen LogP contribution in [-0.2, 0) is 28.4 Å². The van der Waals surface area contributed by atoms with Gasteiger partial charge in [-0.3, -0.25) is 0 Å². The number of unbranched alkanes of at least 4 members (excludes halogenated alkanes) is 3. The predicted octanol–water partition coefficient (Wildman–Crippen LogP) is 8.30. The smallest absolute Gasteiger partial charge is 0.339 e. The lowest BCUT2D eigenvalue weighted by atomic mass is 10.1. The lowest BCUT2D eigenvalue weighted by Crippen LogP contribution is -2.29. The Morgan fingerprint density at radius 2 is 1.45 bits per heavy atom. The number of ether oxygens (including phenoxy) is 6. The summed E-state index contributed by atoms with van der Waals surface area (Å²) in [4.78, 5) is 30.5. The van der Waals surface area contributed by atoms with Crippen LogP contribution < -0.4 is 4.90 Å². The maximum atomic E-state index is 12.3. The van der Waals surface area contributed by atoms with E-state index in [1.807, 2.05) is 19.1 Å². The first-order valence-electron chi connectivity index (χ1n) is 17.7. The van der Waals surface area contributed by atoms with Crippen molar-refractivity contribution in [3.05, 3.63) is 81.0 Å². The topological polar surface area (TPSA) is 146 Å². The summed E-state index contributed by atoms with van der Waals surface area (Å²) < 4.78 is 32.4. The Labute approximate surface area is 316 Å². The summed E-state index contributed by atoms with van der Waals surface area (Å²) in [6.45, 7) is 18.3. The number of rotatable bonds is 25. The van der Waals surface area contributed by atoms with E-state index in [-0.39, 0.29) is 24.3 Å². The summed E-state index contributed by atoms with van der Waals surface area (Å²) in [7, 11) is 1.26. The van der Waals surface area contributed by atoms with E-state index in [4.69, 9.17) is 35.0 Å². The molecule has 3 aromatic rings. The molecule has 13 nitrogen and oxygen atoms in total. The Kier molecular flexibility index (Phi) is 19.8. The van der Waals surface area contributed by atoms with Gasteiger partial charge in [0, 0.05) is 18.8 Å². The van der Waals surface area contributed by atoms with Crippen LogP contribution in [-0.4, -0.2) is 91.6 Å². The number of carbonyl (C=O) groups excluding carboxylic acids is 2. The monoisotopic (exact) mass is 747 g/mol. The highest BCUT2D eigenvalue weighted by Gasteiger charge is 2.18. The number of hydrogen-bond donors (Lipinski definition) is 0. The van der Waals surface area contributed by atoms with E-state index < -0.39 is 11.9 Å². The molecule has 0 fully saturated rings. The molecule has 53 heavy (non-hydrogen) atoms. The average Bonchev–Trinajstić information content (AvgIpc) is 3.49. The predicted molar refractivity (Wildman–Crippen MR) is 203 cm³/mol. The molecule has 0 aliphatic heterocycles. The largest absolute Gasteiger partial charge is 0.465 e. The Morgan fingerprint density at radius 1 is 0.830 bits per heavy atom. The number of hydrogen-bond acceptors (Lipinski definition) is 13. The molecule has 0 atom stereocenters. The number of thiophene rings is 1. The van der Waals surface area contributed by atoms with Crippen LogP contribution in [0.4, 0.5) is 22.1 Å². The van der Waals surface area contributed by atoms with Gasteiger partial charge in [-0.1, -0.05) is 38.3 Å². The van der Waals surface area contributed by atoms with Crippen molar-refractivity contribution in [3.63, 3.8) is 0 Å². The van der Waals surface area contributed by atoms with E-state index in [9.17, 15) is 14.9 Å². The second-order valence-corrected chi connectivity index (χ2v) is 12.8. The van der Waals surface area contributed by atoms with E-state index in [2.05, 4.69) is 39.0 Å². The molecule has 1 aromatic heterocycles. The molecule has 1 heterocycles. The molecule has 0 aliphatic rings. The highest BCUT2D eigenvalue weighted by atomic mass is 32.1. The first kappa shape index (κ1) is 42.7. The number of benzene rings is 2. The fourth-order valence-corrected chi connectivity index (χ4v) is 5.97. The number of anilines is 1. The van der Waals surface area contributed by atoms with Crippen molar-refractivity contribution in [1.29, 1.82) is 5.26 Å². The molecular formula is C39H49N5O8S. The van der Waals surface area contributed by atoms with E-state index >= 15 is 0 Å². The van der Waals surface area contributed by atoms with Gasteiger partial charge < -0.3 is 33.3 Å². The molecule has 3 rings (SSSR count). The molecular weight excluding hydrogens is 699 g/mol. The van der Waals surface area contributed by atoms with Crippen LogP contribution in [0.3, 0.4) is 0 Å². The minimum atomic E-state index is -0.618. The molecule has 0 spiro atoms. The first-order valence-corrected chi connectivity index (χ1v) is 18.5. The summed E-state index contributed by atoms with van der Waals surface area (Å²) >= 11 is 1.18. The fourth-order valence-electron chi connectivity index (χ4n) is 5.10. The number of nitrogens with zero attached hydrogens (tertiary/aromatic N) is 5. The zero-order valence-corrected chi connectivity index (χ0v) is 31.9. The molecule has 14 heteroatoms. The zero-order chi connectivity index (χ0) is 38.3. The lowest BCUT2D eigenvalue weighted by molar-refractivity contribution is -0.00849. The third kappa shape index (κ3) is 14.3. The quantitative estimate of drug-likeness (QED) is 0.0359. The van der Waals surface area contributed by atoms with E-state index in [0.29, 0.717) is 73.1 Å². The highest BCUT2D eigenvalue weighted by Crippen LogP contribution is 2.42. The van der Waals surface area contributed by atoms with Crippen LogP contribution in [0.25, 0.3) is 4.85 Å². The lowest BCUT2D eigenvalue weighted by Gasteiger charge is -2.25. The summed E-state index contributed by atoms with van der Waals surface area (Å²) in [5.74, 6) is -1.22. The Hall–Kier alpha value is -4.70. The van der Waals surface area contributed by atoms with Crippen molar-refractivity contribution >= 4 is 45.3 Å². The van der Waals surface area contributed by atoms with Gasteiger partial charge in [0.05, 0.1) is 88.2 Å². The highest BCUT2D eigenvalue weighted by molar-refractivity contribution is 7.17. The van der Waals surface area contributed by atoms with E-state index in [0.717, 1.165) is 30.8 Å². The van der Waals surface area contributed by atoms with Crippen molar-refractivity contribution in [1.82, 2.24) is 0 Å². The van der Waals surface area contributed by atoms with Gasteiger partial charge in [0.1, 0.15) is 17.7 Å². The zero-order valence-electron chi connectivity index (χ0n) is 31.1. The normalized spacial score (nSPS) is 11.0. The molecule has 0 radical (unpaired) electrons. The van der Waals surface area contributed by atoms with E-state index in [1.54, 1.807) is 19.1 Å². The number of aryl methyl sites for hydroxylation is 1. The SMILES string of the molecule is [C-]#[N+]c1c(N=Nc2ccc(N(CCCCCC)CCOCCOCCOCCOCCOC(=O)c3ccccc3C(=O)OC)cc2C)sc(C#N)c1C. The second-order valence-electron chi connectivity index (χ2n) is 11.8. The summed E-state index contributed by atoms with van der Waals surface area (Å²) in [6, 6.07) is 14.5. The third-order valence-electron chi connectivity index (χ3n) is 8.02. The van der Waals surface area contributed by atoms with Crippen LogP contribution in [0.15, 0.2) is 52.7 Å². The van der Waals surface area contributed by atoms with Gasteiger partial charge in [-0.15, -0.1) is 11.3 Å². The minimum absolute atomic E-state index is 0.0432. The molecule has 0 unspecified atom stereocenters. The van der Waals surface area contributed by atoms with Crippen LogP contribution in [0.2, 0.25) is 0 Å². The van der Waals surface area contributed by atoms with Gasteiger partial charge in [-0.25, -0.2) is 14.4 Å². The van der Waals surface area contributed by atoms with Gasteiger partial charge >= 0.3 is 11.9 Å². The summed E-state index contributed by atoms with van der Waals surface area (Å²) in [5.41, 5.74) is 4.08. The van der Waals surface area contributed by atoms with Gasteiger partial charge in [0.2, 0.25) is 5.69 Å². The number of carbonyl (C=O) groups is 2. The van der Waals surface area contributed by atoms with Crippen LogP contribution in [0, 0.1) is 31.8 Å². The van der Waals surface area contributed by atoms with E-state index in [1.165, 1.54) is 49.8 Å². The Morgan fingerprint density at radius 3 is 2.04 bits per heavy atom. The van der Waals surface area contributed by atoms with Gasteiger partial charge in [0.25, 0.3) is 0 Å². The molecule has 0 bridgehead atoms. The summed E-state index contributed by atoms with van der Waals surface area (Å²) in [6.07, 6.45) is 4.63. The third-order valence-corrected chi connectivity index (χ3v) is 9.09. The van der Waals surface area contributed by atoms with Crippen LogP contribution >= 0.6 is 11.3 Å². The average molecular weight is 748 g/mol. The second kappa shape index (κ2) is 24.5. The summed E-state index contributed by atoms with van der Waals surface area (Å²) in [5, 5.41) is 18.5. The molecule has 2 aromatic carbocycles. The minimum Gasteiger partial charge on any atom is -0.465 e.